The lowest BCUT2D eigenvalue weighted by molar-refractivity contribution is 0.0935. The number of aromatic nitrogens is 6. The number of nitrogens with zero attached hydrogens (tertiary/aromatic N) is 6. The molecule has 1 N–H and O–H groups in total. The molecule has 1 unspecified atom stereocenters. The first-order chi connectivity index (χ1) is 13.7. The smallest absolute Gasteiger partial charge is 0.253 e. The van der Waals surface area contributed by atoms with Crippen molar-refractivity contribution in [3.63, 3.8) is 0 Å². The predicted octanol–water partition coefficient (Wildman–Crippen LogP) is 2.08. The molecule has 1 amide bonds. The SMILES string of the molecule is CC(Cn1cncn1)NC(=O)c1cnc2c(c1)ncn2CCc1ccccc1. The highest BCUT2D eigenvalue weighted by Gasteiger charge is 2.13. The first-order valence-electron chi connectivity index (χ1n) is 9.17. The van der Waals surface area contributed by atoms with E-state index in [4.69, 9.17) is 0 Å². The normalized spacial score (nSPS) is 12.2. The summed E-state index contributed by atoms with van der Waals surface area (Å²) < 4.78 is 3.69. The molecule has 4 aromatic rings. The fourth-order valence-corrected chi connectivity index (χ4v) is 3.09. The van der Waals surface area contributed by atoms with Gasteiger partial charge in [-0.2, -0.15) is 5.10 Å². The zero-order chi connectivity index (χ0) is 19.3. The lowest BCUT2D eigenvalue weighted by Gasteiger charge is -2.13. The predicted molar refractivity (Wildman–Crippen MR) is 105 cm³/mol. The molecule has 0 saturated carbocycles. The van der Waals surface area contributed by atoms with Gasteiger partial charge in [-0.1, -0.05) is 30.3 Å². The Morgan fingerprint density at radius 2 is 2.04 bits per heavy atom. The molecule has 4 rings (SSSR count). The van der Waals surface area contributed by atoms with E-state index in [1.807, 2.05) is 29.7 Å². The number of amides is 1. The Labute approximate surface area is 162 Å². The van der Waals surface area contributed by atoms with Crippen molar-refractivity contribution in [2.45, 2.75) is 32.5 Å². The van der Waals surface area contributed by atoms with Crippen LogP contribution in [0.5, 0.6) is 0 Å². The van der Waals surface area contributed by atoms with Crippen molar-refractivity contribution in [1.82, 2.24) is 34.6 Å². The van der Waals surface area contributed by atoms with Crippen molar-refractivity contribution >= 4 is 17.1 Å². The lowest BCUT2D eigenvalue weighted by Crippen LogP contribution is -2.35. The average molecular weight is 375 g/mol. The van der Waals surface area contributed by atoms with Gasteiger partial charge in [0, 0.05) is 18.8 Å². The molecule has 8 nitrogen and oxygen atoms in total. The van der Waals surface area contributed by atoms with Crippen LogP contribution in [0.15, 0.2) is 61.6 Å². The first kappa shape index (κ1) is 17.8. The molecular formula is C20H21N7O. The maximum atomic E-state index is 12.5. The zero-order valence-electron chi connectivity index (χ0n) is 15.6. The fourth-order valence-electron chi connectivity index (χ4n) is 3.09. The van der Waals surface area contributed by atoms with Crippen LogP contribution in [0.3, 0.4) is 0 Å². The number of imidazole rings is 1. The molecule has 1 atom stereocenters. The molecule has 0 aliphatic heterocycles. The van der Waals surface area contributed by atoms with Crippen LogP contribution in [-0.2, 0) is 19.5 Å². The first-order valence-corrected chi connectivity index (χ1v) is 9.17. The van der Waals surface area contributed by atoms with E-state index in [0.717, 1.165) is 18.6 Å². The molecule has 0 radical (unpaired) electrons. The van der Waals surface area contributed by atoms with Gasteiger partial charge in [-0.15, -0.1) is 0 Å². The minimum absolute atomic E-state index is 0.0895. The second-order valence-corrected chi connectivity index (χ2v) is 6.73. The summed E-state index contributed by atoms with van der Waals surface area (Å²) in [6.07, 6.45) is 7.37. The van der Waals surface area contributed by atoms with Gasteiger partial charge >= 0.3 is 0 Å². The van der Waals surface area contributed by atoms with Crippen LogP contribution in [-0.4, -0.2) is 41.2 Å². The van der Waals surface area contributed by atoms with E-state index < -0.39 is 0 Å². The standard InChI is InChI=1S/C20H21N7O/c1-15(11-27-13-21-12-24-27)25-20(28)17-9-18-19(22-10-17)26(14-23-18)8-7-16-5-3-2-4-6-16/h2-6,9-10,12-15H,7-8,11H2,1H3,(H,25,28). The highest BCUT2D eigenvalue weighted by atomic mass is 16.1. The number of hydrogen-bond acceptors (Lipinski definition) is 5. The van der Waals surface area contributed by atoms with Gasteiger partial charge in [-0.05, 0) is 25.0 Å². The number of pyridine rings is 1. The number of nitrogens with one attached hydrogen (secondary N) is 1. The molecule has 142 valence electrons. The Kier molecular flexibility index (Phi) is 5.09. The summed E-state index contributed by atoms with van der Waals surface area (Å²) in [6, 6.07) is 12.0. The third-order valence-corrected chi connectivity index (χ3v) is 4.51. The van der Waals surface area contributed by atoms with E-state index in [-0.39, 0.29) is 11.9 Å². The van der Waals surface area contributed by atoms with Crippen molar-refractivity contribution in [2.75, 3.05) is 0 Å². The number of carbonyl (C=O) groups is 1. The topological polar surface area (TPSA) is 90.5 Å². The lowest BCUT2D eigenvalue weighted by atomic mass is 10.1. The molecule has 0 fully saturated rings. The quantitative estimate of drug-likeness (QED) is 0.534. The molecule has 0 aliphatic rings. The summed E-state index contributed by atoms with van der Waals surface area (Å²) in [6.45, 7) is 3.26. The van der Waals surface area contributed by atoms with Gasteiger partial charge in [0.25, 0.3) is 5.91 Å². The Morgan fingerprint density at radius 1 is 1.18 bits per heavy atom. The van der Waals surface area contributed by atoms with E-state index >= 15 is 0 Å². The van der Waals surface area contributed by atoms with Gasteiger partial charge in [0.2, 0.25) is 0 Å². The molecule has 0 spiro atoms. The van der Waals surface area contributed by atoms with Crippen molar-refractivity contribution in [3.8, 4) is 0 Å². The van der Waals surface area contributed by atoms with E-state index in [1.165, 1.54) is 11.9 Å². The molecule has 3 aromatic heterocycles. The van der Waals surface area contributed by atoms with Crippen molar-refractivity contribution in [1.29, 1.82) is 0 Å². The van der Waals surface area contributed by atoms with Gasteiger partial charge in [-0.25, -0.2) is 15.0 Å². The molecule has 0 bridgehead atoms. The monoisotopic (exact) mass is 375 g/mol. The molecule has 1 aromatic carbocycles. The summed E-state index contributed by atoms with van der Waals surface area (Å²) >= 11 is 0. The van der Waals surface area contributed by atoms with Crippen LogP contribution in [0, 0.1) is 0 Å². The van der Waals surface area contributed by atoms with Crippen molar-refractivity contribution in [2.24, 2.45) is 0 Å². The fraction of sp³-hybridized carbons (Fsp3) is 0.250. The largest absolute Gasteiger partial charge is 0.348 e. The van der Waals surface area contributed by atoms with E-state index in [1.54, 1.807) is 29.6 Å². The number of rotatable bonds is 7. The van der Waals surface area contributed by atoms with Crippen LogP contribution in [0.1, 0.15) is 22.8 Å². The Hall–Kier alpha value is -3.55. The summed E-state index contributed by atoms with van der Waals surface area (Å²) in [7, 11) is 0. The maximum absolute atomic E-state index is 12.5. The average Bonchev–Trinajstić information content (AvgIpc) is 3.36. The summed E-state index contributed by atoms with van der Waals surface area (Å²) in [5.74, 6) is -0.180. The highest BCUT2D eigenvalue weighted by molar-refractivity contribution is 5.96. The second kappa shape index (κ2) is 7.99. The van der Waals surface area contributed by atoms with Crippen LogP contribution in [0.4, 0.5) is 0 Å². The summed E-state index contributed by atoms with van der Waals surface area (Å²) in [5, 5.41) is 7.00. The second-order valence-electron chi connectivity index (χ2n) is 6.73. The number of aryl methyl sites for hydroxylation is 2. The summed E-state index contributed by atoms with van der Waals surface area (Å²) in [4.78, 5) is 25.3. The van der Waals surface area contributed by atoms with E-state index in [2.05, 4.69) is 37.5 Å². The van der Waals surface area contributed by atoms with Crippen LogP contribution in [0.25, 0.3) is 11.2 Å². The molecule has 3 heterocycles. The van der Waals surface area contributed by atoms with Gasteiger partial charge in [-0.3, -0.25) is 9.48 Å². The third-order valence-electron chi connectivity index (χ3n) is 4.51. The zero-order valence-corrected chi connectivity index (χ0v) is 15.6. The van der Waals surface area contributed by atoms with Crippen molar-refractivity contribution < 1.29 is 4.79 Å². The highest BCUT2D eigenvalue weighted by Crippen LogP contribution is 2.13. The molecule has 8 heteroatoms. The Bertz CT molecular complexity index is 1060. The van der Waals surface area contributed by atoms with Crippen LogP contribution < -0.4 is 5.32 Å². The Morgan fingerprint density at radius 3 is 2.82 bits per heavy atom. The van der Waals surface area contributed by atoms with Gasteiger partial charge in [0.15, 0.2) is 5.65 Å². The minimum atomic E-state index is -0.180. The van der Waals surface area contributed by atoms with Gasteiger partial charge in [0.1, 0.15) is 18.2 Å². The van der Waals surface area contributed by atoms with Crippen molar-refractivity contribution in [3.05, 3.63) is 72.7 Å². The van der Waals surface area contributed by atoms with Gasteiger partial charge in [0.05, 0.1) is 18.4 Å². The van der Waals surface area contributed by atoms with Crippen LogP contribution in [0.2, 0.25) is 0 Å². The number of benzene rings is 1. The maximum Gasteiger partial charge on any atom is 0.253 e. The van der Waals surface area contributed by atoms with Crippen LogP contribution >= 0.6 is 0 Å². The molecule has 28 heavy (non-hydrogen) atoms. The molecule has 0 saturated heterocycles. The van der Waals surface area contributed by atoms with E-state index in [9.17, 15) is 4.79 Å². The Balaban J connectivity index is 1.42. The molecular weight excluding hydrogens is 354 g/mol. The number of carbonyl (C=O) groups excluding carboxylic acids is 1. The minimum Gasteiger partial charge on any atom is -0.348 e. The number of hydrogen-bond donors (Lipinski definition) is 1. The number of fused-ring (bicyclic) bond motifs is 1. The molecule has 0 aliphatic carbocycles. The van der Waals surface area contributed by atoms with Gasteiger partial charge < -0.3 is 9.88 Å². The van der Waals surface area contributed by atoms with E-state index in [0.29, 0.717) is 17.6 Å². The summed E-state index contributed by atoms with van der Waals surface area (Å²) in [5.41, 5.74) is 3.25. The third kappa shape index (κ3) is 4.06.